The van der Waals surface area contributed by atoms with E-state index in [1.807, 2.05) is 6.92 Å². The van der Waals surface area contributed by atoms with Gasteiger partial charge in [-0.3, -0.25) is 0 Å². The lowest BCUT2D eigenvalue weighted by Crippen LogP contribution is -2.39. The first-order chi connectivity index (χ1) is 10.6. The Bertz CT molecular complexity index is 520. The van der Waals surface area contributed by atoms with Gasteiger partial charge in [-0.05, 0) is 24.6 Å². The summed E-state index contributed by atoms with van der Waals surface area (Å²) < 4.78 is 43.4. The van der Waals surface area contributed by atoms with Crippen molar-refractivity contribution in [3.63, 3.8) is 0 Å². The van der Waals surface area contributed by atoms with Gasteiger partial charge in [0.05, 0.1) is 25.9 Å². The zero-order valence-electron chi connectivity index (χ0n) is 12.6. The molecule has 1 spiro atoms. The molecule has 0 saturated carbocycles. The van der Waals surface area contributed by atoms with Crippen LogP contribution < -0.4 is 5.32 Å². The Kier molecular flexibility index (Phi) is 4.73. The number of hydrogen-bond acceptors (Lipinski definition) is 4. The maximum absolute atomic E-state index is 13.3. The third kappa shape index (κ3) is 3.46. The van der Waals surface area contributed by atoms with Crippen molar-refractivity contribution in [1.82, 2.24) is 5.32 Å². The Hall–Kier alpha value is -1.08. The Morgan fingerprint density at radius 1 is 1.27 bits per heavy atom. The van der Waals surface area contributed by atoms with Crippen LogP contribution in [0.15, 0.2) is 18.2 Å². The lowest BCUT2D eigenvalue weighted by Gasteiger charge is -2.31. The van der Waals surface area contributed by atoms with E-state index in [-0.39, 0.29) is 12.1 Å². The topological polar surface area (TPSA) is 39.7 Å². The molecule has 0 radical (unpaired) electrons. The maximum Gasteiger partial charge on any atom is 0.173 e. The van der Waals surface area contributed by atoms with Gasteiger partial charge in [0.25, 0.3) is 0 Å². The molecule has 0 aliphatic carbocycles. The van der Waals surface area contributed by atoms with E-state index in [4.69, 9.17) is 14.2 Å². The SMILES string of the molecule is C[C@H](NC[C@H]1COC2(CCOCC2)O1)c1ccc(F)c(F)c1. The molecule has 0 aromatic heterocycles. The molecule has 0 bridgehead atoms. The summed E-state index contributed by atoms with van der Waals surface area (Å²) in [5, 5.41) is 3.28. The van der Waals surface area contributed by atoms with Crippen molar-refractivity contribution in [2.45, 2.75) is 37.7 Å². The summed E-state index contributed by atoms with van der Waals surface area (Å²) in [6.45, 7) is 4.36. The van der Waals surface area contributed by atoms with E-state index in [2.05, 4.69) is 5.32 Å². The Morgan fingerprint density at radius 2 is 2.05 bits per heavy atom. The molecular weight excluding hydrogens is 292 g/mol. The van der Waals surface area contributed by atoms with Crippen LogP contribution in [-0.4, -0.2) is 38.3 Å². The molecule has 2 atom stereocenters. The minimum Gasteiger partial charge on any atom is -0.381 e. The first-order valence-corrected chi connectivity index (χ1v) is 7.66. The van der Waals surface area contributed by atoms with Crippen LogP contribution in [0.5, 0.6) is 0 Å². The quantitative estimate of drug-likeness (QED) is 0.927. The van der Waals surface area contributed by atoms with Gasteiger partial charge in [0, 0.05) is 25.4 Å². The zero-order valence-corrected chi connectivity index (χ0v) is 12.6. The van der Waals surface area contributed by atoms with Gasteiger partial charge in [-0.25, -0.2) is 8.78 Å². The highest BCUT2D eigenvalue weighted by molar-refractivity contribution is 5.20. The second kappa shape index (κ2) is 6.58. The van der Waals surface area contributed by atoms with Gasteiger partial charge in [0.15, 0.2) is 17.4 Å². The van der Waals surface area contributed by atoms with E-state index in [1.54, 1.807) is 6.07 Å². The first-order valence-electron chi connectivity index (χ1n) is 7.66. The van der Waals surface area contributed by atoms with Gasteiger partial charge in [-0.15, -0.1) is 0 Å². The van der Waals surface area contributed by atoms with Crippen LogP contribution in [0.4, 0.5) is 8.78 Å². The Morgan fingerprint density at radius 3 is 2.77 bits per heavy atom. The van der Waals surface area contributed by atoms with Gasteiger partial charge in [-0.1, -0.05) is 6.07 Å². The zero-order chi connectivity index (χ0) is 15.6. The van der Waals surface area contributed by atoms with Crippen LogP contribution >= 0.6 is 0 Å². The normalized spacial score (nSPS) is 25.5. The molecule has 2 fully saturated rings. The van der Waals surface area contributed by atoms with Crippen LogP contribution in [0.1, 0.15) is 31.4 Å². The lowest BCUT2D eigenvalue weighted by molar-refractivity contribution is -0.210. The predicted octanol–water partition coefficient (Wildman–Crippen LogP) is 2.54. The molecule has 0 amide bonds. The van der Waals surface area contributed by atoms with Crippen molar-refractivity contribution in [1.29, 1.82) is 0 Å². The van der Waals surface area contributed by atoms with Gasteiger partial charge < -0.3 is 19.5 Å². The van der Waals surface area contributed by atoms with Crippen molar-refractivity contribution < 1.29 is 23.0 Å². The molecule has 2 saturated heterocycles. The van der Waals surface area contributed by atoms with Crippen LogP contribution in [0, 0.1) is 11.6 Å². The number of nitrogens with one attached hydrogen (secondary N) is 1. The third-order valence-corrected chi connectivity index (χ3v) is 4.26. The van der Waals surface area contributed by atoms with Gasteiger partial charge in [0.1, 0.15) is 0 Å². The van der Waals surface area contributed by atoms with Crippen molar-refractivity contribution in [2.75, 3.05) is 26.4 Å². The Labute approximate surface area is 128 Å². The van der Waals surface area contributed by atoms with E-state index < -0.39 is 17.4 Å². The van der Waals surface area contributed by atoms with Crippen molar-refractivity contribution in [3.05, 3.63) is 35.4 Å². The summed E-state index contributed by atoms with van der Waals surface area (Å²) in [6.07, 6.45) is 1.47. The summed E-state index contributed by atoms with van der Waals surface area (Å²) >= 11 is 0. The predicted molar refractivity (Wildman–Crippen MR) is 76.4 cm³/mol. The number of ether oxygens (including phenoxy) is 3. The van der Waals surface area contributed by atoms with Crippen LogP contribution in [0.3, 0.4) is 0 Å². The van der Waals surface area contributed by atoms with E-state index in [0.29, 0.717) is 31.9 Å². The fourth-order valence-electron chi connectivity index (χ4n) is 2.87. The highest BCUT2D eigenvalue weighted by Crippen LogP contribution is 2.33. The maximum atomic E-state index is 13.3. The van der Waals surface area contributed by atoms with Crippen molar-refractivity contribution >= 4 is 0 Å². The molecule has 122 valence electrons. The van der Waals surface area contributed by atoms with E-state index in [9.17, 15) is 8.78 Å². The summed E-state index contributed by atoms with van der Waals surface area (Å²) in [4.78, 5) is 0. The fraction of sp³-hybridized carbons (Fsp3) is 0.625. The molecule has 2 aliphatic rings. The molecular formula is C16H21F2NO3. The van der Waals surface area contributed by atoms with Crippen LogP contribution in [0.2, 0.25) is 0 Å². The van der Waals surface area contributed by atoms with Crippen molar-refractivity contribution in [2.24, 2.45) is 0 Å². The molecule has 4 nitrogen and oxygen atoms in total. The minimum absolute atomic E-state index is 0.0363. The molecule has 1 N–H and O–H groups in total. The second-order valence-corrected chi connectivity index (χ2v) is 5.88. The van der Waals surface area contributed by atoms with Crippen molar-refractivity contribution in [3.8, 4) is 0 Å². The third-order valence-electron chi connectivity index (χ3n) is 4.26. The average molecular weight is 313 g/mol. The van der Waals surface area contributed by atoms with Gasteiger partial charge >= 0.3 is 0 Å². The summed E-state index contributed by atoms with van der Waals surface area (Å²) in [7, 11) is 0. The number of hydrogen-bond donors (Lipinski definition) is 1. The van der Waals surface area contributed by atoms with Crippen LogP contribution in [-0.2, 0) is 14.2 Å². The molecule has 2 heterocycles. The second-order valence-electron chi connectivity index (χ2n) is 5.88. The van der Waals surface area contributed by atoms with Gasteiger partial charge in [0.2, 0.25) is 0 Å². The molecule has 3 rings (SSSR count). The highest BCUT2D eigenvalue weighted by Gasteiger charge is 2.42. The van der Waals surface area contributed by atoms with E-state index in [1.165, 1.54) is 6.07 Å². The number of rotatable bonds is 4. The largest absolute Gasteiger partial charge is 0.381 e. The average Bonchev–Trinajstić information content (AvgIpc) is 2.91. The molecule has 1 aromatic carbocycles. The summed E-state index contributed by atoms with van der Waals surface area (Å²) in [5.74, 6) is -2.15. The number of halogens is 2. The molecule has 0 unspecified atom stereocenters. The summed E-state index contributed by atoms with van der Waals surface area (Å²) in [6, 6.07) is 3.86. The first kappa shape index (κ1) is 15.8. The Balaban J connectivity index is 1.51. The number of benzene rings is 1. The van der Waals surface area contributed by atoms with Gasteiger partial charge in [-0.2, -0.15) is 0 Å². The fourth-order valence-corrected chi connectivity index (χ4v) is 2.87. The van der Waals surface area contributed by atoms with E-state index >= 15 is 0 Å². The monoisotopic (exact) mass is 313 g/mol. The molecule has 2 aliphatic heterocycles. The van der Waals surface area contributed by atoms with Crippen LogP contribution in [0.25, 0.3) is 0 Å². The molecule has 6 heteroatoms. The minimum atomic E-state index is -0.829. The molecule has 22 heavy (non-hydrogen) atoms. The van der Waals surface area contributed by atoms with E-state index in [0.717, 1.165) is 18.9 Å². The summed E-state index contributed by atoms with van der Waals surface area (Å²) in [5.41, 5.74) is 0.707. The smallest absolute Gasteiger partial charge is 0.173 e. The highest BCUT2D eigenvalue weighted by atomic mass is 19.2. The molecule has 1 aromatic rings. The lowest BCUT2D eigenvalue weighted by atomic mass is 10.1. The standard InChI is InChI=1S/C16H21F2NO3/c1-11(12-2-3-14(17)15(18)8-12)19-9-13-10-21-16(22-13)4-6-20-7-5-16/h2-3,8,11,13,19H,4-7,9-10H2,1H3/t11-,13-/m0/s1.